The molecule has 21 heavy (non-hydrogen) atoms. The van der Waals surface area contributed by atoms with E-state index in [0.717, 1.165) is 33.7 Å². The van der Waals surface area contributed by atoms with E-state index in [1.54, 1.807) is 6.07 Å². The number of benzene rings is 2. The Morgan fingerprint density at radius 2 is 2.00 bits per heavy atom. The molecule has 3 N–H and O–H groups in total. The molecule has 2 aromatic rings. The minimum Gasteiger partial charge on any atom is -0.411 e. The molecule has 0 radical (unpaired) electrons. The van der Waals surface area contributed by atoms with Crippen LogP contribution in [0.4, 0.5) is 5.69 Å². The summed E-state index contributed by atoms with van der Waals surface area (Å²) in [5.41, 5.74) is 3.93. The predicted molar refractivity (Wildman–Crippen MR) is 86.6 cm³/mol. The molecule has 0 saturated carbocycles. The average molecular weight is 304 g/mol. The standard InChI is InChI=1S/C16H20N2O2S/c1-4-13-10-14(8-9-15(13)20-17)18-21(19)16-7-5-6-11(2)12(16)3/h5-10,18H,4,17H2,1-3H3. The van der Waals surface area contributed by atoms with E-state index in [9.17, 15) is 4.21 Å². The first kappa shape index (κ1) is 15.5. The van der Waals surface area contributed by atoms with Gasteiger partial charge in [-0.1, -0.05) is 19.1 Å². The van der Waals surface area contributed by atoms with E-state index in [4.69, 9.17) is 10.7 Å². The van der Waals surface area contributed by atoms with Crippen LogP contribution in [0.2, 0.25) is 0 Å². The molecule has 0 aromatic heterocycles. The van der Waals surface area contributed by atoms with Crippen LogP contribution in [-0.2, 0) is 17.4 Å². The minimum absolute atomic E-state index is 0.639. The van der Waals surface area contributed by atoms with Crippen LogP contribution < -0.4 is 15.5 Å². The second-order valence-electron chi connectivity index (χ2n) is 4.86. The fraction of sp³-hybridized carbons (Fsp3) is 0.250. The third-order valence-electron chi connectivity index (χ3n) is 3.53. The zero-order valence-electron chi connectivity index (χ0n) is 12.5. The summed E-state index contributed by atoms with van der Waals surface area (Å²) in [6, 6.07) is 11.3. The predicted octanol–water partition coefficient (Wildman–Crippen LogP) is 3.25. The Balaban J connectivity index is 2.25. The number of hydrogen-bond donors (Lipinski definition) is 2. The molecule has 1 unspecified atom stereocenters. The molecule has 0 bridgehead atoms. The fourth-order valence-electron chi connectivity index (χ4n) is 2.12. The molecule has 1 atom stereocenters. The molecule has 0 aliphatic rings. The number of aryl methyl sites for hydroxylation is 2. The third kappa shape index (κ3) is 3.43. The summed E-state index contributed by atoms with van der Waals surface area (Å²) in [4.78, 5) is 5.61. The first-order valence-electron chi connectivity index (χ1n) is 6.81. The van der Waals surface area contributed by atoms with Crippen molar-refractivity contribution in [2.75, 3.05) is 4.72 Å². The van der Waals surface area contributed by atoms with E-state index in [1.165, 1.54) is 0 Å². The second kappa shape index (κ2) is 6.74. The number of hydrogen-bond acceptors (Lipinski definition) is 3. The van der Waals surface area contributed by atoms with Crippen LogP contribution in [0.3, 0.4) is 0 Å². The Kier molecular flexibility index (Phi) is 4.98. The highest BCUT2D eigenvalue weighted by molar-refractivity contribution is 7.86. The van der Waals surface area contributed by atoms with Gasteiger partial charge in [-0.25, -0.2) is 4.21 Å². The van der Waals surface area contributed by atoms with Crippen LogP contribution in [0, 0.1) is 13.8 Å². The van der Waals surface area contributed by atoms with Crippen molar-refractivity contribution in [3.8, 4) is 5.75 Å². The number of rotatable bonds is 5. The van der Waals surface area contributed by atoms with Gasteiger partial charge in [0.2, 0.25) is 0 Å². The maximum absolute atomic E-state index is 12.5. The minimum atomic E-state index is -1.30. The quantitative estimate of drug-likeness (QED) is 0.833. The summed E-state index contributed by atoms with van der Waals surface area (Å²) in [5.74, 6) is 5.86. The number of anilines is 1. The van der Waals surface area contributed by atoms with E-state index >= 15 is 0 Å². The summed E-state index contributed by atoms with van der Waals surface area (Å²) in [6.07, 6.45) is 0.790. The normalized spacial score (nSPS) is 12.0. The van der Waals surface area contributed by atoms with Gasteiger partial charge in [0.05, 0.1) is 4.90 Å². The molecule has 0 spiro atoms. The van der Waals surface area contributed by atoms with Gasteiger partial charge in [0, 0.05) is 5.69 Å². The van der Waals surface area contributed by atoms with Gasteiger partial charge >= 0.3 is 0 Å². The van der Waals surface area contributed by atoms with E-state index in [1.807, 2.05) is 51.1 Å². The zero-order valence-corrected chi connectivity index (χ0v) is 13.3. The van der Waals surface area contributed by atoms with Crippen LogP contribution >= 0.6 is 0 Å². The van der Waals surface area contributed by atoms with Crippen molar-refractivity contribution in [1.29, 1.82) is 0 Å². The topological polar surface area (TPSA) is 64.3 Å². The summed E-state index contributed by atoms with van der Waals surface area (Å²) in [5, 5.41) is 0. The molecule has 2 rings (SSSR count). The van der Waals surface area contributed by atoms with Gasteiger partial charge in [0.25, 0.3) is 0 Å². The molecule has 112 valence electrons. The summed E-state index contributed by atoms with van der Waals surface area (Å²) < 4.78 is 15.5. The van der Waals surface area contributed by atoms with E-state index in [2.05, 4.69) is 4.72 Å². The lowest BCUT2D eigenvalue weighted by Gasteiger charge is -2.12. The Morgan fingerprint density at radius 3 is 2.67 bits per heavy atom. The SMILES string of the molecule is CCc1cc(NS(=O)c2cccc(C)c2C)ccc1ON. The van der Waals surface area contributed by atoms with Gasteiger partial charge < -0.3 is 9.56 Å². The van der Waals surface area contributed by atoms with Gasteiger partial charge in [0.1, 0.15) is 5.75 Å². The molecule has 0 heterocycles. The van der Waals surface area contributed by atoms with Crippen LogP contribution in [0.5, 0.6) is 5.75 Å². The number of nitrogens with one attached hydrogen (secondary N) is 1. The van der Waals surface area contributed by atoms with Crippen molar-refractivity contribution in [2.24, 2.45) is 5.90 Å². The van der Waals surface area contributed by atoms with Gasteiger partial charge in [-0.05, 0) is 61.2 Å². The molecular weight excluding hydrogens is 284 g/mol. The molecule has 0 aliphatic carbocycles. The highest BCUT2D eigenvalue weighted by Gasteiger charge is 2.10. The lowest BCUT2D eigenvalue weighted by atomic mass is 10.1. The van der Waals surface area contributed by atoms with E-state index in [0.29, 0.717) is 5.75 Å². The molecular formula is C16H20N2O2S. The lowest BCUT2D eigenvalue weighted by Crippen LogP contribution is -2.08. The molecule has 0 saturated heterocycles. The Morgan fingerprint density at radius 1 is 1.24 bits per heavy atom. The summed E-state index contributed by atoms with van der Waals surface area (Å²) in [7, 11) is -1.30. The van der Waals surface area contributed by atoms with Crippen molar-refractivity contribution >= 4 is 16.7 Å². The number of nitrogens with two attached hydrogens (primary N) is 1. The maximum atomic E-state index is 12.5. The van der Waals surface area contributed by atoms with Crippen molar-refractivity contribution in [1.82, 2.24) is 0 Å². The van der Waals surface area contributed by atoms with Crippen molar-refractivity contribution in [3.63, 3.8) is 0 Å². The van der Waals surface area contributed by atoms with Crippen molar-refractivity contribution in [2.45, 2.75) is 32.1 Å². The summed E-state index contributed by atoms with van der Waals surface area (Å²) >= 11 is 0. The highest BCUT2D eigenvalue weighted by Crippen LogP contribution is 2.24. The zero-order chi connectivity index (χ0) is 15.4. The first-order valence-corrected chi connectivity index (χ1v) is 7.96. The van der Waals surface area contributed by atoms with E-state index < -0.39 is 11.0 Å². The van der Waals surface area contributed by atoms with Crippen LogP contribution in [0.1, 0.15) is 23.6 Å². The smallest absolute Gasteiger partial charge is 0.150 e. The molecule has 0 fully saturated rings. The summed E-state index contributed by atoms with van der Waals surface area (Å²) in [6.45, 7) is 6.01. The Bertz CT molecular complexity index is 671. The van der Waals surface area contributed by atoms with E-state index in [-0.39, 0.29) is 0 Å². The Labute approximate surface area is 127 Å². The molecule has 0 aliphatic heterocycles. The van der Waals surface area contributed by atoms with Gasteiger partial charge in [-0.2, -0.15) is 5.90 Å². The lowest BCUT2D eigenvalue weighted by molar-refractivity contribution is 0.331. The van der Waals surface area contributed by atoms with Crippen molar-refractivity contribution in [3.05, 3.63) is 53.1 Å². The maximum Gasteiger partial charge on any atom is 0.150 e. The highest BCUT2D eigenvalue weighted by atomic mass is 32.2. The van der Waals surface area contributed by atoms with Crippen LogP contribution in [0.25, 0.3) is 0 Å². The molecule has 0 amide bonds. The van der Waals surface area contributed by atoms with Crippen molar-refractivity contribution < 1.29 is 9.05 Å². The van der Waals surface area contributed by atoms with Gasteiger partial charge in [0.15, 0.2) is 11.0 Å². The van der Waals surface area contributed by atoms with Crippen LogP contribution in [-0.4, -0.2) is 4.21 Å². The van der Waals surface area contributed by atoms with Crippen LogP contribution in [0.15, 0.2) is 41.3 Å². The third-order valence-corrected chi connectivity index (χ3v) is 4.80. The Hall–Kier alpha value is -1.85. The monoisotopic (exact) mass is 304 g/mol. The second-order valence-corrected chi connectivity index (χ2v) is 6.04. The molecule has 4 nitrogen and oxygen atoms in total. The van der Waals surface area contributed by atoms with Gasteiger partial charge in [-0.15, -0.1) is 0 Å². The molecule has 5 heteroatoms. The average Bonchev–Trinajstić information content (AvgIpc) is 2.49. The van der Waals surface area contributed by atoms with Gasteiger partial charge in [-0.3, -0.25) is 0 Å². The largest absolute Gasteiger partial charge is 0.411 e. The first-order chi connectivity index (χ1) is 10.1. The molecule has 2 aromatic carbocycles. The fourth-order valence-corrected chi connectivity index (χ4v) is 3.21.